The minimum atomic E-state index is -2.95. The largest absolute Gasteiger partial charge is 0.481 e. The minimum Gasteiger partial charge on any atom is -0.481 e. The maximum Gasteiger partial charge on any atom is 0.304 e. The molecule has 0 saturated carbocycles. The van der Waals surface area contributed by atoms with E-state index in [0.29, 0.717) is 19.6 Å². The van der Waals surface area contributed by atoms with Crippen molar-refractivity contribution in [1.82, 2.24) is 4.90 Å². The van der Waals surface area contributed by atoms with Gasteiger partial charge in [0.1, 0.15) is 0 Å². The lowest BCUT2D eigenvalue weighted by molar-refractivity contribution is -0.137. The Bertz CT molecular complexity index is 286. The Morgan fingerprint density at radius 1 is 1.27 bits per heavy atom. The average molecular weight is 237 g/mol. The Morgan fingerprint density at radius 3 is 2.27 bits per heavy atom. The van der Waals surface area contributed by atoms with Crippen LogP contribution in [0.4, 0.5) is 0 Å². The average Bonchev–Trinajstić information content (AvgIpc) is 2.18. The molecule has 0 amide bonds. The van der Waals surface area contributed by atoms with Crippen molar-refractivity contribution >= 4 is 15.8 Å². The van der Waals surface area contributed by atoms with E-state index in [9.17, 15) is 13.2 Å². The van der Waals surface area contributed by atoms with Crippen molar-refractivity contribution in [2.45, 2.75) is 20.3 Å². The summed E-state index contributed by atoms with van der Waals surface area (Å²) in [4.78, 5) is 12.2. The Labute approximate surface area is 91.0 Å². The van der Waals surface area contributed by atoms with Crippen molar-refractivity contribution in [1.29, 1.82) is 0 Å². The number of carboxylic acids is 1. The number of sulfone groups is 1. The fourth-order valence-electron chi connectivity index (χ4n) is 1.09. The summed E-state index contributed by atoms with van der Waals surface area (Å²) < 4.78 is 22.4. The number of hydrogen-bond acceptors (Lipinski definition) is 4. The zero-order valence-corrected chi connectivity index (χ0v) is 10.1. The van der Waals surface area contributed by atoms with Gasteiger partial charge in [-0.1, -0.05) is 13.8 Å². The van der Waals surface area contributed by atoms with Crippen LogP contribution in [0.1, 0.15) is 20.3 Å². The first-order valence-electron chi connectivity index (χ1n) is 5.05. The molecule has 0 radical (unpaired) electrons. The Morgan fingerprint density at radius 2 is 1.87 bits per heavy atom. The van der Waals surface area contributed by atoms with Crippen molar-refractivity contribution in [2.75, 3.05) is 31.1 Å². The number of carbonyl (C=O) groups is 1. The molecule has 0 saturated heterocycles. The Hall–Kier alpha value is -0.620. The summed E-state index contributed by atoms with van der Waals surface area (Å²) >= 11 is 0. The third-order valence-electron chi connectivity index (χ3n) is 2.25. The molecular weight excluding hydrogens is 218 g/mol. The van der Waals surface area contributed by atoms with Gasteiger partial charge in [-0.05, 0) is 6.54 Å². The number of aliphatic carboxylic acids is 1. The lowest BCUT2D eigenvalue weighted by Crippen LogP contribution is -2.31. The van der Waals surface area contributed by atoms with Crippen LogP contribution in [0.15, 0.2) is 0 Å². The van der Waals surface area contributed by atoms with E-state index in [1.54, 1.807) is 6.92 Å². The normalized spacial score (nSPS) is 11.9. The zero-order chi connectivity index (χ0) is 11.9. The Kier molecular flexibility index (Phi) is 6.51. The molecule has 0 aromatic rings. The van der Waals surface area contributed by atoms with Crippen molar-refractivity contribution in [3.05, 3.63) is 0 Å². The van der Waals surface area contributed by atoms with Gasteiger partial charge in [0.15, 0.2) is 9.84 Å². The van der Waals surface area contributed by atoms with E-state index in [1.807, 2.05) is 11.8 Å². The first kappa shape index (κ1) is 14.4. The lowest BCUT2D eigenvalue weighted by atomic mass is 10.4. The maximum absolute atomic E-state index is 11.2. The van der Waals surface area contributed by atoms with Gasteiger partial charge in [0.2, 0.25) is 0 Å². The van der Waals surface area contributed by atoms with Crippen LogP contribution in [0.25, 0.3) is 0 Å². The highest BCUT2D eigenvalue weighted by Gasteiger charge is 2.11. The van der Waals surface area contributed by atoms with E-state index in [2.05, 4.69) is 0 Å². The van der Waals surface area contributed by atoms with Crippen molar-refractivity contribution in [3.8, 4) is 0 Å². The summed E-state index contributed by atoms with van der Waals surface area (Å²) in [6, 6.07) is 0. The molecule has 0 aromatic carbocycles. The second-order valence-corrected chi connectivity index (χ2v) is 5.79. The Balaban J connectivity index is 3.95. The monoisotopic (exact) mass is 237 g/mol. The number of carboxylic acid groups (broad SMARTS) is 1. The van der Waals surface area contributed by atoms with Crippen LogP contribution in [-0.2, 0) is 14.6 Å². The van der Waals surface area contributed by atoms with E-state index >= 15 is 0 Å². The zero-order valence-electron chi connectivity index (χ0n) is 9.27. The molecule has 0 rings (SSSR count). The molecule has 0 atom stereocenters. The predicted octanol–water partition coefficient (Wildman–Crippen LogP) is 0.218. The SMILES string of the molecule is CCN(CCC(=O)O)CCS(=O)(=O)CC. The molecule has 0 fully saturated rings. The van der Waals surface area contributed by atoms with Crippen LogP contribution in [0.5, 0.6) is 0 Å². The highest BCUT2D eigenvalue weighted by Crippen LogP contribution is 1.96. The minimum absolute atomic E-state index is 0.0556. The molecule has 90 valence electrons. The van der Waals surface area contributed by atoms with Crippen LogP contribution < -0.4 is 0 Å². The highest BCUT2D eigenvalue weighted by atomic mass is 32.2. The molecule has 0 aliphatic rings. The van der Waals surface area contributed by atoms with E-state index in [4.69, 9.17) is 5.11 Å². The smallest absolute Gasteiger partial charge is 0.304 e. The van der Waals surface area contributed by atoms with Crippen molar-refractivity contribution in [3.63, 3.8) is 0 Å². The topological polar surface area (TPSA) is 74.7 Å². The first-order chi connectivity index (χ1) is 6.91. The highest BCUT2D eigenvalue weighted by molar-refractivity contribution is 7.91. The van der Waals surface area contributed by atoms with Crippen molar-refractivity contribution < 1.29 is 18.3 Å². The van der Waals surface area contributed by atoms with E-state index in [0.717, 1.165) is 0 Å². The van der Waals surface area contributed by atoms with Crippen LogP contribution in [0.2, 0.25) is 0 Å². The summed E-state index contributed by atoms with van der Waals surface area (Å²) in [5.41, 5.74) is 0. The van der Waals surface area contributed by atoms with Crippen LogP contribution in [0, 0.1) is 0 Å². The molecule has 0 bridgehead atoms. The van der Waals surface area contributed by atoms with Crippen molar-refractivity contribution in [2.24, 2.45) is 0 Å². The summed E-state index contributed by atoms with van der Waals surface area (Å²) in [5.74, 6) is -0.604. The maximum atomic E-state index is 11.2. The van der Waals surface area contributed by atoms with Gasteiger partial charge < -0.3 is 10.0 Å². The first-order valence-corrected chi connectivity index (χ1v) is 6.88. The molecular formula is C9H19NO4S. The van der Waals surface area contributed by atoms with Gasteiger partial charge in [-0.2, -0.15) is 0 Å². The van der Waals surface area contributed by atoms with Gasteiger partial charge in [0.25, 0.3) is 0 Å². The van der Waals surface area contributed by atoms with Crippen LogP contribution >= 0.6 is 0 Å². The molecule has 6 heteroatoms. The third kappa shape index (κ3) is 7.33. The molecule has 1 N–H and O–H groups in total. The molecule has 5 nitrogen and oxygen atoms in total. The van der Waals surface area contributed by atoms with Gasteiger partial charge in [-0.15, -0.1) is 0 Å². The molecule has 0 aliphatic carbocycles. The van der Waals surface area contributed by atoms with Gasteiger partial charge in [-0.3, -0.25) is 4.79 Å². The molecule has 15 heavy (non-hydrogen) atoms. The van der Waals surface area contributed by atoms with E-state index in [1.165, 1.54) is 0 Å². The van der Waals surface area contributed by atoms with Gasteiger partial charge >= 0.3 is 5.97 Å². The summed E-state index contributed by atoms with van der Waals surface area (Å²) in [5, 5.41) is 8.49. The molecule has 0 aliphatic heterocycles. The number of nitrogens with zero attached hydrogens (tertiary/aromatic N) is 1. The second-order valence-electron chi connectivity index (χ2n) is 3.31. The van der Waals surface area contributed by atoms with Crippen LogP contribution in [-0.4, -0.2) is 55.5 Å². The fourth-order valence-corrected chi connectivity index (χ4v) is 1.92. The summed E-state index contributed by atoms with van der Waals surface area (Å²) in [6.07, 6.45) is 0.0556. The standard InChI is InChI=1S/C9H19NO4S/c1-3-10(6-5-9(11)12)7-8-15(13,14)4-2/h3-8H2,1-2H3,(H,11,12). The van der Waals surface area contributed by atoms with Gasteiger partial charge in [0.05, 0.1) is 12.2 Å². The molecule has 0 heterocycles. The number of rotatable bonds is 8. The van der Waals surface area contributed by atoms with E-state index < -0.39 is 15.8 Å². The van der Waals surface area contributed by atoms with Gasteiger partial charge in [-0.25, -0.2) is 8.42 Å². The lowest BCUT2D eigenvalue weighted by Gasteiger charge is -2.18. The summed E-state index contributed by atoms with van der Waals surface area (Å²) in [7, 11) is -2.95. The molecule has 0 unspecified atom stereocenters. The van der Waals surface area contributed by atoms with Crippen LogP contribution in [0.3, 0.4) is 0 Å². The molecule has 0 spiro atoms. The number of hydrogen-bond donors (Lipinski definition) is 1. The predicted molar refractivity (Wildman–Crippen MR) is 58.7 cm³/mol. The molecule has 0 aromatic heterocycles. The second kappa shape index (κ2) is 6.79. The quantitative estimate of drug-likeness (QED) is 0.653. The fraction of sp³-hybridized carbons (Fsp3) is 0.889. The van der Waals surface area contributed by atoms with Gasteiger partial charge in [0, 0.05) is 18.8 Å². The van der Waals surface area contributed by atoms with E-state index in [-0.39, 0.29) is 17.9 Å². The third-order valence-corrected chi connectivity index (χ3v) is 3.93. The summed E-state index contributed by atoms with van der Waals surface area (Å²) in [6.45, 7) is 5.00.